The molecule has 0 saturated heterocycles. The van der Waals surface area contributed by atoms with Crippen molar-refractivity contribution in [2.75, 3.05) is 0 Å². The zero-order valence-corrected chi connectivity index (χ0v) is 10.3. The maximum Gasteiger partial charge on any atom is 0.139 e. The molecule has 2 nitrogen and oxygen atoms in total. The average molecular weight is 279 g/mol. The minimum absolute atomic E-state index is 0.0933. The fraction of sp³-hybridized carbons (Fsp3) is 0.400. The monoisotopic (exact) mass is 277 g/mol. The lowest BCUT2D eigenvalue weighted by Gasteiger charge is -2.13. The van der Waals surface area contributed by atoms with Crippen molar-refractivity contribution in [1.29, 1.82) is 0 Å². The summed E-state index contributed by atoms with van der Waals surface area (Å²) in [6.45, 7) is 2.05. The number of phenols is 1. The van der Waals surface area contributed by atoms with Crippen molar-refractivity contribution >= 4 is 27.5 Å². The third-order valence-electron chi connectivity index (χ3n) is 2.06. The first kappa shape index (κ1) is 11.8. The van der Waals surface area contributed by atoms with E-state index < -0.39 is 0 Å². The predicted molar refractivity (Wildman–Crippen MR) is 62.7 cm³/mol. The number of hydrogen-bond donors (Lipinski definition) is 2. The highest BCUT2D eigenvalue weighted by Gasteiger charge is 2.13. The minimum atomic E-state index is -0.157. The lowest BCUT2D eigenvalue weighted by atomic mass is 10.0. The molecule has 0 unspecified atom stereocenters. The van der Waals surface area contributed by atoms with Gasteiger partial charge in [-0.15, -0.1) is 0 Å². The molecule has 1 rings (SSSR count). The molecular weight excluding hydrogens is 265 g/mol. The third kappa shape index (κ3) is 2.62. The third-order valence-corrected chi connectivity index (χ3v) is 2.80. The highest BCUT2D eigenvalue weighted by atomic mass is 79.9. The molecule has 0 aliphatic carbocycles. The zero-order valence-electron chi connectivity index (χ0n) is 7.93. The quantitative estimate of drug-likeness (QED) is 0.887. The van der Waals surface area contributed by atoms with Crippen LogP contribution in [0.15, 0.2) is 16.6 Å². The van der Waals surface area contributed by atoms with E-state index in [0.717, 1.165) is 17.3 Å². The number of benzene rings is 1. The van der Waals surface area contributed by atoms with Crippen LogP contribution in [0.25, 0.3) is 0 Å². The molecule has 0 spiro atoms. The molecule has 78 valence electrons. The first-order valence-corrected chi connectivity index (χ1v) is 5.66. The normalized spacial score (nSPS) is 12.9. The summed E-state index contributed by atoms with van der Waals surface area (Å²) in [5.41, 5.74) is 6.60. The molecule has 1 aromatic carbocycles. The second-order valence-corrected chi connectivity index (χ2v) is 4.54. The Morgan fingerprint density at radius 3 is 2.79 bits per heavy atom. The van der Waals surface area contributed by atoms with E-state index in [2.05, 4.69) is 22.9 Å². The largest absolute Gasteiger partial charge is 0.506 e. The van der Waals surface area contributed by atoms with Gasteiger partial charge < -0.3 is 10.8 Å². The van der Waals surface area contributed by atoms with Gasteiger partial charge in [0.25, 0.3) is 0 Å². The maximum atomic E-state index is 9.69. The average Bonchev–Trinajstić information content (AvgIpc) is 2.11. The van der Waals surface area contributed by atoms with Crippen molar-refractivity contribution in [2.24, 2.45) is 5.73 Å². The van der Waals surface area contributed by atoms with Crippen molar-refractivity contribution in [2.45, 2.75) is 25.8 Å². The summed E-state index contributed by atoms with van der Waals surface area (Å²) in [6.07, 6.45) is 1.81. The number of aromatic hydroxyl groups is 1. The van der Waals surface area contributed by atoms with Crippen LogP contribution in [0, 0.1) is 0 Å². The first-order chi connectivity index (χ1) is 6.56. The molecule has 0 amide bonds. The van der Waals surface area contributed by atoms with Crippen LogP contribution < -0.4 is 5.73 Å². The summed E-state index contributed by atoms with van der Waals surface area (Å²) in [5, 5.41) is 10.0. The van der Waals surface area contributed by atoms with Crippen LogP contribution in [0.1, 0.15) is 31.4 Å². The number of rotatable bonds is 3. The van der Waals surface area contributed by atoms with Gasteiger partial charge in [0.05, 0.1) is 5.02 Å². The van der Waals surface area contributed by atoms with E-state index in [4.69, 9.17) is 17.3 Å². The molecule has 14 heavy (non-hydrogen) atoms. The van der Waals surface area contributed by atoms with E-state index in [1.54, 1.807) is 6.07 Å². The van der Waals surface area contributed by atoms with Crippen molar-refractivity contribution in [3.63, 3.8) is 0 Å². The van der Waals surface area contributed by atoms with E-state index in [9.17, 15) is 5.11 Å². The molecule has 0 saturated carbocycles. The Balaban J connectivity index is 3.07. The van der Waals surface area contributed by atoms with Crippen LogP contribution in [0.3, 0.4) is 0 Å². The van der Waals surface area contributed by atoms with Crippen LogP contribution in [0.4, 0.5) is 0 Å². The summed E-state index contributed by atoms with van der Waals surface area (Å²) in [4.78, 5) is 0. The van der Waals surface area contributed by atoms with Crippen LogP contribution in [-0.2, 0) is 0 Å². The van der Waals surface area contributed by atoms with E-state index >= 15 is 0 Å². The van der Waals surface area contributed by atoms with Gasteiger partial charge in [-0.1, -0.05) is 40.9 Å². The Bertz CT molecular complexity index is 330. The zero-order chi connectivity index (χ0) is 10.7. The summed E-state index contributed by atoms with van der Waals surface area (Å²) >= 11 is 9.14. The number of hydrogen-bond acceptors (Lipinski definition) is 2. The van der Waals surface area contributed by atoms with Crippen LogP contribution in [-0.4, -0.2) is 5.11 Å². The van der Waals surface area contributed by atoms with E-state index in [1.807, 2.05) is 6.07 Å². The molecule has 0 bridgehead atoms. The molecule has 1 aromatic rings. The van der Waals surface area contributed by atoms with Crippen LogP contribution >= 0.6 is 27.5 Å². The lowest BCUT2D eigenvalue weighted by Crippen LogP contribution is -2.10. The Labute approximate surface area is 97.2 Å². The Morgan fingerprint density at radius 2 is 2.21 bits per heavy atom. The number of nitrogens with two attached hydrogens (primary N) is 1. The molecule has 0 fully saturated rings. The van der Waals surface area contributed by atoms with Gasteiger partial charge in [-0.25, -0.2) is 0 Å². The maximum absolute atomic E-state index is 9.69. The van der Waals surface area contributed by atoms with E-state index in [-0.39, 0.29) is 11.8 Å². The number of phenolic OH excluding ortho intramolecular Hbond substituents is 1. The summed E-state index contributed by atoms with van der Waals surface area (Å²) in [7, 11) is 0. The second-order valence-electron chi connectivity index (χ2n) is 3.22. The highest BCUT2D eigenvalue weighted by Crippen LogP contribution is 2.35. The molecule has 1 atom stereocenters. The Morgan fingerprint density at radius 1 is 1.57 bits per heavy atom. The molecule has 4 heteroatoms. The van der Waals surface area contributed by atoms with Crippen molar-refractivity contribution < 1.29 is 5.11 Å². The molecule has 0 aromatic heterocycles. The molecule has 3 N–H and O–H groups in total. The molecule has 0 aliphatic heterocycles. The van der Waals surface area contributed by atoms with Crippen molar-refractivity contribution in [3.8, 4) is 5.75 Å². The van der Waals surface area contributed by atoms with Gasteiger partial charge in [-0.05, 0) is 18.6 Å². The SMILES string of the molecule is CCC[C@H](N)c1cc(Br)cc(Cl)c1O. The molecule has 0 radical (unpaired) electrons. The summed E-state index contributed by atoms with van der Waals surface area (Å²) in [5.74, 6) is 0.0933. The standard InChI is InChI=1S/C10H13BrClNO/c1-2-3-9(13)7-4-6(11)5-8(12)10(7)14/h4-5,9,14H,2-3,13H2,1H3/t9-/m0/s1. The minimum Gasteiger partial charge on any atom is -0.506 e. The van der Waals surface area contributed by atoms with Crippen molar-refractivity contribution in [1.82, 2.24) is 0 Å². The predicted octanol–water partition coefficient (Wildman–Crippen LogP) is 3.61. The highest BCUT2D eigenvalue weighted by molar-refractivity contribution is 9.10. The van der Waals surface area contributed by atoms with Gasteiger partial charge in [0.15, 0.2) is 0 Å². The molecular formula is C10H13BrClNO. The molecule has 0 aliphatic rings. The second kappa shape index (κ2) is 5.01. The van der Waals surface area contributed by atoms with Gasteiger partial charge in [0, 0.05) is 16.1 Å². The summed E-state index contributed by atoms with van der Waals surface area (Å²) in [6, 6.07) is 3.30. The Hall–Kier alpha value is -0.250. The fourth-order valence-corrected chi connectivity index (χ4v) is 2.17. The lowest BCUT2D eigenvalue weighted by molar-refractivity contribution is 0.458. The van der Waals surface area contributed by atoms with Gasteiger partial charge in [0.1, 0.15) is 5.75 Å². The summed E-state index contributed by atoms with van der Waals surface area (Å²) < 4.78 is 0.835. The fourth-order valence-electron chi connectivity index (χ4n) is 1.34. The van der Waals surface area contributed by atoms with Crippen LogP contribution in [0.5, 0.6) is 5.75 Å². The van der Waals surface area contributed by atoms with E-state index in [1.165, 1.54) is 0 Å². The number of halogens is 2. The molecule has 0 heterocycles. The van der Waals surface area contributed by atoms with Gasteiger partial charge in [-0.2, -0.15) is 0 Å². The van der Waals surface area contributed by atoms with Crippen LogP contribution in [0.2, 0.25) is 5.02 Å². The van der Waals surface area contributed by atoms with Gasteiger partial charge >= 0.3 is 0 Å². The smallest absolute Gasteiger partial charge is 0.139 e. The van der Waals surface area contributed by atoms with Gasteiger partial charge in [-0.3, -0.25) is 0 Å². The van der Waals surface area contributed by atoms with Gasteiger partial charge in [0.2, 0.25) is 0 Å². The van der Waals surface area contributed by atoms with E-state index in [0.29, 0.717) is 10.6 Å². The topological polar surface area (TPSA) is 46.2 Å². The Kier molecular flexibility index (Phi) is 4.23. The van der Waals surface area contributed by atoms with Crippen molar-refractivity contribution in [3.05, 3.63) is 27.2 Å². The first-order valence-electron chi connectivity index (χ1n) is 4.49.